The van der Waals surface area contributed by atoms with Gasteiger partial charge in [0.15, 0.2) is 0 Å². The average Bonchev–Trinajstić information content (AvgIpc) is 3.59. The lowest BCUT2D eigenvalue weighted by molar-refractivity contribution is -0.137. The number of halogens is 4. The fraction of sp³-hybridized carbons (Fsp3) is 0.208. The Morgan fingerprint density at radius 2 is 1.72 bits per heavy atom. The van der Waals surface area contributed by atoms with Gasteiger partial charge < -0.3 is 10.6 Å². The van der Waals surface area contributed by atoms with E-state index in [-0.39, 0.29) is 12.1 Å². The third-order valence-electron chi connectivity index (χ3n) is 5.51. The number of rotatable bonds is 7. The van der Waals surface area contributed by atoms with Gasteiger partial charge in [-0.15, -0.1) is 0 Å². The standard InChI is InChI=1S/C24H19ClF3N7O/c25-22-20(24(26,27)28)8-17(11-29-22)33-21(36)7-14-1-3-15(4-2-14)16-9-30-23(31-10-16)34-18-12-32-35(13-18)19-5-6-19/h1-4,8-13,19H,5-7H2,(H,33,36)(H,30,31,34). The summed E-state index contributed by atoms with van der Waals surface area (Å²) in [4.78, 5) is 24.5. The maximum absolute atomic E-state index is 13.0. The van der Waals surface area contributed by atoms with Crippen LogP contribution in [-0.2, 0) is 17.4 Å². The number of aromatic nitrogens is 5. The second-order valence-electron chi connectivity index (χ2n) is 8.34. The van der Waals surface area contributed by atoms with Gasteiger partial charge in [-0.1, -0.05) is 35.9 Å². The van der Waals surface area contributed by atoms with Crippen LogP contribution < -0.4 is 10.6 Å². The van der Waals surface area contributed by atoms with Gasteiger partial charge in [-0.25, -0.2) is 15.0 Å². The minimum absolute atomic E-state index is 0.0296. The molecule has 2 N–H and O–H groups in total. The Labute approximate surface area is 208 Å². The number of hydrogen-bond acceptors (Lipinski definition) is 6. The first-order valence-corrected chi connectivity index (χ1v) is 11.4. The largest absolute Gasteiger partial charge is 0.419 e. The van der Waals surface area contributed by atoms with Crippen LogP contribution in [0, 0.1) is 0 Å². The van der Waals surface area contributed by atoms with E-state index in [0.717, 1.165) is 41.9 Å². The van der Waals surface area contributed by atoms with Crippen molar-refractivity contribution in [3.63, 3.8) is 0 Å². The third-order valence-corrected chi connectivity index (χ3v) is 5.81. The molecule has 1 aliphatic rings. The average molecular weight is 514 g/mol. The molecular weight excluding hydrogens is 495 g/mol. The van der Waals surface area contributed by atoms with Crippen molar-refractivity contribution >= 4 is 34.8 Å². The monoisotopic (exact) mass is 513 g/mol. The number of amides is 1. The van der Waals surface area contributed by atoms with Gasteiger partial charge >= 0.3 is 6.18 Å². The van der Waals surface area contributed by atoms with Crippen molar-refractivity contribution in [1.29, 1.82) is 0 Å². The van der Waals surface area contributed by atoms with Crippen LogP contribution in [0.15, 0.2) is 61.3 Å². The molecule has 0 spiro atoms. The highest BCUT2D eigenvalue weighted by Crippen LogP contribution is 2.35. The minimum Gasteiger partial charge on any atom is -0.324 e. The molecule has 1 amide bonds. The molecule has 1 saturated carbocycles. The topological polar surface area (TPSA) is 97.6 Å². The zero-order chi connectivity index (χ0) is 25.3. The predicted molar refractivity (Wildman–Crippen MR) is 128 cm³/mol. The van der Waals surface area contributed by atoms with Gasteiger partial charge in [-0.3, -0.25) is 9.48 Å². The van der Waals surface area contributed by atoms with E-state index in [4.69, 9.17) is 11.6 Å². The van der Waals surface area contributed by atoms with Crippen LogP contribution in [-0.4, -0.2) is 30.6 Å². The second-order valence-corrected chi connectivity index (χ2v) is 8.70. The molecule has 8 nitrogen and oxygen atoms in total. The van der Waals surface area contributed by atoms with Crippen molar-refractivity contribution in [2.45, 2.75) is 31.5 Å². The van der Waals surface area contributed by atoms with Crippen LogP contribution in [0.1, 0.15) is 30.0 Å². The summed E-state index contributed by atoms with van der Waals surface area (Å²) in [5.41, 5.74) is 1.95. The smallest absolute Gasteiger partial charge is 0.324 e. The molecular formula is C24H19ClF3N7O. The Morgan fingerprint density at radius 1 is 1.00 bits per heavy atom. The normalized spacial score (nSPS) is 13.4. The van der Waals surface area contributed by atoms with Gasteiger partial charge in [-0.05, 0) is 30.0 Å². The summed E-state index contributed by atoms with van der Waals surface area (Å²) in [7, 11) is 0. The van der Waals surface area contributed by atoms with Gasteiger partial charge in [-0.2, -0.15) is 18.3 Å². The number of alkyl halides is 3. The van der Waals surface area contributed by atoms with E-state index in [1.807, 2.05) is 23.0 Å². The van der Waals surface area contributed by atoms with Gasteiger partial charge in [0, 0.05) is 24.2 Å². The summed E-state index contributed by atoms with van der Waals surface area (Å²) in [6.45, 7) is 0. The Balaban J connectivity index is 1.19. The third kappa shape index (κ3) is 5.62. The van der Waals surface area contributed by atoms with Crippen LogP contribution in [0.3, 0.4) is 0 Å². The van der Waals surface area contributed by atoms with Crippen molar-refractivity contribution in [2.24, 2.45) is 0 Å². The van der Waals surface area contributed by atoms with Crippen LogP contribution in [0.5, 0.6) is 0 Å². The summed E-state index contributed by atoms with van der Waals surface area (Å²) < 4.78 is 40.9. The molecule has 3 heterocycles. The summed E-state index contributed by atoms with van der Waals surface area (Å²) in [5, 5.41) is 9.20. The molecule has 3 aromatic heterocycles. The summed E-state index contributed by atoms with van der Waals surface area (Å²) in [5.74, 6) is -0.0310. The molecule has 1 aliphatic carbocycles. The number of carbonyl (C=O) groups is 1. The first-order valence-electron chi connectivity index (χ1n) is 11.0. The van der Waals surface area contributed by atoms with Crippen LogP contribution >= 0.6 is 11.6 Å². The number of nitrogens with one attached hydrogen (secondary N) is 2. The van der Waals surface area contributed by atoms with Crippen LogP contribution in [0.2, 0.25) is 5.15 Å². The number of carbonyl (C=O) groups excluding carboxylic acids is 1. The van der Waals surface area contributed by atoms with Gasteiger partial charge in [0.25, 0.3) is 0 Å². The highest BCUT2D eigenvalue weighted by molar-refractivity contribution is 6.30. The Bertz CT molecular complexity index is 1380. The summed E-state index contributed by atoms with van der Waals surface area (Å²) in [6.07, 6.45) is 5.73. The zero-order valence-electron chi connectivity index (χ0n) is 18.6. The molecule has 1 fully saturated rings. The molecule has 0 unspecified atom stereocenters. The van der Waals surface area contributed by atoms with E-state index < -0.39 is 22.8 Å². The molecule has 0 atom stereocenters. The van der Waals surface area contributed by atoms with E-state index in [2.05, 4.69) is 30.7 Å². The number of anilines is 3. The van der Waals surface area contributed by atoms with Gasteiger partial charge in [0.1, 0.15) is 5.15 Å². The zero-order valence-corrected chi connectivity index (χ0v) is 19.4. The fourth-order valence-electron chi connectivity index (χ4n) is 3.53. The molecule has 0 saturated heterocycles. The molecule has 0 radical (unpaired) electrons. The first-order chi connectivity index (χ1) is 17.2. The Hall–Kier alpha value is -3.99. The molecule has 4 aromatic rings. The molecule has 5 rings (SSSR count). The van der Waals surface area contributed by atoms with Crippen molar-refractivity contribution in [1.82, 2.24) is 24.7 Å². The highest BCUT2D eigenvalue weighted by atomic mass is 35.5. The second kappa shape index (κ2) is 9.57. The van der Waals surface area contributed by atoms with E-state index in [0.29, 0.717) is 17.6 Å². The highest BCUT2D eigenvalue weighted by Gasteiger charge is 2.34. The fourth-order valence-corrected chi connectivity index (χ4v) is 3.74. The van der Waals surface area contributed by atoms with Gasteiger partial charge in [0.2, 0.25) is 11.9 Å². The number of pyridine rings is 1. The summed E-state index contributed by atoms with van der Waals surface area (Å²) in [6, 6.07) is 8.41. The molecule has 12 heteroatoms. The maximum atomic E-state index is 13.0. The lowest BCUT2D eigenvalue weighted by Gasteiger charge is -2.11. The first kappa shape index (κ1) is 23.7. The number of nitrogens with zero attached hydrogens (tertiary/aromatic N) is 5. The van der Waals surface area contributed by atoms with E-state index >= 15 is 0 Å². The molecule has 36 heavy (non-hydrogen) atoms. The van der Waals surface area contributed by atoms with Crippen LogP contribution in [0.25, 0.3) is 11.1 Å². The predicted octanol–water partition coefficient (Wildman–Crippen LogP) is 5.67. The summed E-state index contributed by atoms with van der Waals surface area (Å²) >= 11 is 5.51. The lowest BCUT2D eigenvalue weighted by atomic mass is 10.0. The van der Waals surface area contributed by atoms with Crippen molar-refractivity contribution in [3.05, 3.63) is 77.6 Å². The quantitative estimate of drug-likeness (QED) is 0.309. The van der Waals surface area contributed by atoms with E-state index in [9.17, 15) is 18.0 Å². The number of hydrogen-bond donors (Lipinski definition) is 2. The van der Waals surface area contributed by atoms with E-state index in [1.165, 1.54) is 0 Å². The SMILES string of the molecule is O=C(Cc1ccc(-c2cnc(Nc3cnn(C4CC4)c3)nc2)cc1)Nc1cnc(Cl)c(C(F)(F)F)c1. The number of benzene rings is 1. The maximum Gasteiger partial charge on any atom is 0.419 e. The van der Waals surface area contributed by atoms with Crippen molar-refractivity contribution in [3.8, 4) is 11.1 Å². The lowest BCUT2D eigenvalue weighted by Crippen LogP contribution is -2.16. The van der Waals surface area contributed by atoms with Crippen LogP contribution in [0.4, 0.5) is 30.5 Å². The van der Waals surface area contributed by atoms with E-state index in [1.54, 1.807) is 30.7 Å². The molecule has 1 aromatic carbocycles. The van der Waals surface area contributed by atoms with Crippen molar-refractivity contribution < 1.29 is 18.0 Å². The Kier molecular flexibility index (Phi) is 6.31. The van der Waals surface area contributed by atoms with Crippen molar-refractivity contribution in [2.75, 3.05) is 10.6 Å². The minimum atomic E-state index is -4.67. The molecule has 0 bridgehead atoms. The molecule has 184 valence electrons. The Morgan fingerprint density at radius 3 is 2.39 bits per heavy atom. The van der Waals surface area contributed by atoms with Gasteiger partial charge in [0.05, 0.1) is 41.8 Å². The molecule has 0 aliphatic heterocycles.